The summed E-state index contributed by atoms with van der Waals surface area (Å²) in [6.07, 6.45) is 1.42. The smallest absolute Gasteiger partial charge is 0.307 e. The zero-order valence-corrected chi connectivity index (χ0v) is 31.5. The van der Waals surface area contributed by atoms with E-state index in [0.717, 1.165) is 0 Å². The summed E-state index contributed by atoms with van der Waals surface area (Å²) in [5.41, 5.74) is -2.14. The first-order valence-electron chi connectivity index (χ1n) is 16.9. The van der Waals surface area contributed by atoms with E-state index in [-0.39, 0.29) is 36.8 Å². The molecule has 278 valence electrons. The van der Waals surface area contributed by atoms with Crippen LogP contribution < -0.4 is 19.5 Å². The minimum Gasteiger partial charge on any atom is -0.497 e. The normalized spacial score (nSPS) is 24.0. The molecule has 0 unspecified atom stereocenters. The number of carbonyl (C=O) groups is 4. The number of ether oxygens (including phenoxy) is 3. The molecular weight excluding hydrogens is 702 g/mol. The summed E-state index contributed by atoms with van der Waals surface area (Å²) in [6, 6.07) is 3.90. The van der Waals surface area contributed by atoms with Crippen LogP contribution in [0.4, 0.5) is 0 Å². The summed E-state index contributed by atoms with van der Waals surface area (Å²) in [5, 5.41) is 2.08. The maximum Gasteiger partial charge on any atom is 0.307 e. The van der Waals surface area contributed by atoms with Crippen LogP contribution in [0.1, 0.15) is 73.6 Å². The number of fused-ring (bicyclic) bond motifs is 1. The predicted molar refractivity (Wildman–Crippen MR) is 188 cm³/mol. The molecule has 0 radical (unpaired) electrons. The van der Waals surface area contributed by atoms with E-state index in [9.17, 15) is 27.6 Å². The van der Waals surface area contributed by atoms with Crippen LogP contribution in [0.5, 0.6) is 11.6 Å². The van der Waals surface area contributed by atoms with Crippen LogP contribution in [0.15, 0.2) is 30.9 Å². The van der Waals surface area contributed by atoms with Crippen molar-refractivity contribution in [2.45, 2.75) is 102 Å². The number of halogens is 1. The molecule has 1 aliphatic heterocycles. The molecular formula is C35H46ClN5O9S. The minimum absolute atomic E-state index is 0.0213. The van der Waals surface area contributed by atoms with Gasteiger partial charge in [0.15, 0.2) is 5.15 Å². The van der Waals surface area contributed by atoms with Gasteiger partial charge in [-0.3, -0.25) is 23.9 Å². The molecule has 51 heavy (non-hydrogen) atoms. The van der Waals surface area contributed by atoms with Gasteiger partial charge in [-0.15, -0.1) is 6.58 Å². The monoisotopic (exact) mass is 747 g/mol. The van der Waals surface area contributed by atoms with Crippen LogP contribution >= 0.6 is 11.6 Å². The number of sulfonamides is 1. The maximum atomic E-state index is 14.5. The highest BCUT2D eigenvalue weighted by Crippen LogP contribution is 2.46. The number of nitrogens with zero attached hydrogens (tertiary/aromatic N) is 3. The Morgan fingerprint density at radius 1 is 1.12 bits per heavy atom. The second-order valence-corrected chi connectivity index (χ2v) is 17.9. The standard InChI is InChI=1S/C35H46ClN5O9S/c1-9-19-17-35(19,32(45)40-51(46,47)22-11-12-22)39-29(43)26-15-21(49-30-28(36)37-24-13-10-20(48-8)14-25(24)38-30)18-41(26)31(44)23(33(2,3)4)16-27(42)50-34(5,6)7/h9-10,13-14,19,21-23,26H,1,11-12,15-18H2,2-8H3,(H,39,43)(H,40,45)/t19-,21-,23-,26+,35-/m1/s1. The van der Waals surface area contributed by atoms with Gasteiger partial charge in [0.05, 0.1) is 42.3 Å². The molecule has 2 heterocycles. The number of hydrogen-bond donors (Lipinski definition) is 2. The molecule has 3 aliphatic rings. The van der Waals surface area contributed by atoms with Crippen molar-refractivity contribution >= 4 is 56.3 Å². The predicted octanol–water partition coefficient (Wildman–Crippen LogP) is 3.70. The van der Waals surface area contributed by atoms with Crippen molar-refractivity contribution < 1.29 is 41.8 Å². The molecule has 0 bridgehead atoms. The third kappa shape index (κ3) is 8.57. The van der Waals surface area contributed by atoms with E-state index in [1.807, 2.05) is 20.8 Å². The fraction of sp³-hybridized carbons (Fsp3) is 0.600. The van der Waals surface area contributed by atoms with E-state index in [1.165, 1.54) is 18.1 Å². The van der Waals surface area contributed by atoms with E-state index in [0.29, 0.717) is 29.6 Å². The van der Waals surface area contributed by atoms with Gasteiger partial charge < -0.3 is 24.4 Å². The third-order valence-corrected chi connectivity index (χ3v) is 11.4. The number of aromatic nitrogens is 2. The molecule has 3 fully saturated rings. The lowest BCUT2D eigenvalue weighted by molar-refractivity contribution is -0.161. The topological polar surface area (TPSA) is 183 Å². The average Bonchev–Trinajstić information content (AvgIpc) is 3.95. The average molecular weight is 748 g/mol. The molecule has 1 aromatic carbocycles. The summed E-state index contributed by atoms with van der Waals surface area (Å²) in [4.78, 5) is 65.3. The van der Waals surface area contributed by atoms with E-state index < -0.39 is 79.5 Å². The summed E-state index contributed by atoms with van der Waals surface area (Å²) in [5.74, 6) is -3.54. The van der Waals surface area contributed by atoms with E-state index in [4.69, 9.17) is 25.8 Å². The Labute approximate surface area is 303 Å². The van der Waals surface area contributed by atoms with E-state index in [1.54, 1.807) is 39.0 Å². The van der Waals surface area contributed by atoms with Gasteiger partial charge in [-0.25, -0.2) is 18.4 Å². The number of carbonyl (C=O) groups excluding carboxylic acids is 4. The van der Waals surface area contributed by atoms with Crippen LogP contribution in [-0.4, -0.2) is 89.2 Å². The van der Waals surface area contributed by atoms with Gasteiger partial charge >= 0.3 is 5.97 Å². The Kier molecular flexibility index (Phi) is 10.4. The molecule has 5 rings (SSSR count). The van der Waals surface area contributed by atoms with Crippen LogP contribution in [0.25, 0.3) is 11.0 Å². The quantitative estimate of drug-likeness (QED) is 0.239. The second-order valence-electron chi connectivity index (χ2n) is 15.5. The fourth-order valence-corrected chi connectivity index (χ4v) is 7.81. The van der Waals surface area contributed by atoms with Crippen LogP contribution in [0, 0.1) is 17.3 Å². The molecule has 1 saturated heterocycles. The van der Waals surface area contributed by atoms with Crippen molar-refractivity contribution in [2.75, 3.05) is 13.7 Å². The first kappa shape index (κ1) is 38.3. The fourth-order valence-electron chi connectivity index (χ4n) is 6.26. The highest BCUT2D eigenvalue weighted by molar-refractivity contribution is 7.91. The first-order valence-corrected chi connectivity index (χ1v) is 18.8. The molecule has 0 spiro atoms. The number of rotatable bonds is 12. The molecule has 2 N–H and O–H groups in total. The summed E-state index contributed by atoms with van der Waals surface area (Å²) in [7, 11) is -2.39. The van der Waals surface area contributed by atoms with Gasteiger partial charge in [-0.2, -0.15) is 0 Å². The Bertz CT molecular complexity index is 1850. The first-order chi connectivity index (χ1) is 23.7. The molecule has 2 aliphatic carbocycles. The highest BCUT2D eigenvalue weighted by atomic mass is 35.5. The van der Waals surface area contributed by atoms with Gasteiger partial charge in [0.2, 0.25) is 21.8 Å². The lowest BCUT2D eigenvalue weighted by Crippen LogP contribution is -2.57. The zero-order valence-electron chi connectivity index (χ0n) is 29.9. The second kappa shape index (κ2) is 13.9. The number of nitrogens with one attached hydrogen (secondary N) is 2. The minimum atomic E-state index is -3.91. The lowest BCUT2D eigenvalue weighted by Gasteiger charge is -2.35. The highest BCUT2D eigenvalue weighted by Gasteiger charge is 2.62. The summed E-state index contributed by atoms with van der Waals surface area (Å²) < 4.78 is 44.5. The maximum absolute atomic E-state index is 14.5. The molecule has 14 nitrogen and oxygen atoms in total. The Hall–Kier alpha value is -3.98. The molecule has 3 amide bonds. The van der Waals surface area contributed by atoms with E-state index in [2.05, 4.69) is 26.6 Å². The largest absolute Gasteiger partial charge is 0.497 e. The number of amides is 3. The van der Waals surface area contributed by atoms with Crippen molar-refractivity contribution in [1.29, 1.82) is 0 Å². The Balaban J connectivity index is 1.45. The Morgan fingerprint density at radius 2 is 1.80 bits per heavy atom. The van der Waals surface area contributed by atoms with Gasteiger partial charge in [0.1, 0.15) is 29.0 Å². The molecule has 2 saturated carbocycles. The van der Waals surface area contributed by atoms with Crippen LogP contribution in [0.2, 0.25) is 5.15 Å². The molecule has 5 atom stereocenters. The number of benzene rings is 1. The van der Waals surface area contributed by atoms with Crippen molar-refractivity contribution in [2.24, 2.45) is 17.3 Å². The number of likely N-dealkylation sites (tertiary alicyclic amines) is 1. The number of esters is 1. The summed E-state index contributed by atoms with van der Waals surface area (Å²) in [6.45, 7) is 14.3. The third-order valence-electron chi connectivity index (χ3n) is 9.31. The van der Waals surface area contributed by atoms with Crippen molar-refractivity contribution in [1.82, 2.24) is 24.9 Å². The van der Waals surface area contributed by atoms with Crippen LogP contribution in [-0.2, 0) is 33.9 Å². The van der Waals surface area contributed by atoms with Gasteiger partial charge in [-0.05, 0) is 57.6 Å². The van der Waals surface area contributed by atoms with Gasteiger partial charge in [-0.1, -0.05) is 38.4 Å². The number of hydrogen-bond acceptors (Lipinski definition) is 11. The SMILES string of the molecule is C=C[C@@H]1C[C@]1(NC(=O)[C@@H]1C[C@@H](Oc2nc3cc(OC)ccc3nc2Cl)CN1C(=O)[C@@H](CC(=O)OC(C)(C)C)C(C)(C)C)C(=O)NS(=O)(=O)C1CC1. The molecule has 1 aromatic heterocycles. The van der Waals surface area contributed by atoms with Gasteiger partial charge in [0, 0.05) is 18.4 Å². The zero-order chi connectivity index (χ0) is 37.7. The van der Waals surface area contributed by atoms with Crippen molar-refractivity contribution in [3.8, 4) is 11.6 Å². The lowest BCUT2D eigenvalue weighted by atomic mass is 9.77. The molecule has 2 aromatic rings. The van der Waals surface area contributed by atoms with Crippen molar-refractivity contribution in [3.63, 3.8) is 0 Å². The van der Waals surface area contributed by atoms with E-state index >= 15 is 0 Å². The molecule has 16 heteroatoms. The van der Waals surface area contributed by atoms with Crippen molar-refractivity contribution in [3.05, 3.63) is 36.0 Å². The summed E-state index contributed by atoms with van der Waals surface area (Å²) >= 11 is 6.47. The van der Waals surface area contributed by atoms with Crippen LogP contribution in [0.3, 0.4) is 0 Å². The Morgan fingerprint density at radius 3 is 2.37 bits per heavy atom. The number of methoxy groups -OCH3 is 1. The van der Waals surface area contributed by atoms with Gasteiger partial charge in [0.25, 0.3) is 11.8 Å².